The van der Waals surface area contributed by atoms with Gasteiger partial charge in [-0.25, -0.2) is 4.98 Å². The van der Waals surface area contributed by atoms with Crippen LogP contribution in [0.4, 0.5) is 0 Å². The molecule has 21 heavy (non-hydrogen) atoms. The summed E-state index contributed by atoms with van der Waals surface area (Å²) in [7, 11) is 0. The minimum atomic E-state index is 0.0181. The van der Waals surface area contributed by atoms with Gasteiger partial charge >= 0.3 is 0 Å². The molecule has 3 aliphatic rings. The lowest BCUT2D eigenvalue weighted by Crippen LogP contribution is -2.38. The lowest BCUT2D eigenvalue weighted by Gasteiger charge is -2.39. The van der Waals surface area contributed by atoms with Crippen LogP contribution in [0.3, 0.4) is 0 Å². The molecule has 1 aliphatic heterocycles. The van der Waals surface area contributed by atoms with Crippen LogP contribution in [0.1, 0.15) is 75.2 Å². The van der Waals surface area contributed by atoms with Gasteiger partial charge < -0.3 is 4.90 Å². The van der Waals surface area contributed by atoms with Gasteiger partial charge in [0.2, 0.25) is 5.82 Å². The van der Waals surface area contributed by atoms with E-state index in [2.05, 4.69) is 36.0 Å². The van der Waals surface area contributed by atoms with Crippen molar-refractivity contribution in [3.05, 3.63) is 11.6 Å². The summed E-state index contributed by atoms with van der Waals surface area (Å²) in [6.45, 7) is 7.82. The molecule has 2 atom stereocenters. The zero-order valence-electron chi connectivity index (χ0n) is 13.1. The van der Waals surface area contributed by atoms with Crippen molar-refractivity contribution in [2.75, 3.05) is 6.54 Å². The number of hydrogen-bond donors (Lipinski definition) is 1. The first kappa shape index (κ1) is 13.3. The van der Waals surface area contributed by atoms with Gasteiger partial charge in [0.25, 0.3) is 5.91 Å². The molecular weight excluding hydrogens is 264 g/mol. The fourth-order valence-corrected chi connectivity index (χ4v) is 4.74. The Morgan fingerprint density at radius 1 is 1.29 bits per heavy atom. The van der Waals surface area contributed by atoms with Gasteiger partial charge in [-0.05, 0) is 42.9 Å². The third-order valence-corrected chi connectivity index (χ3v) is 5.33. The maximum absolute atomic E-state index is 12.8. The largest absolute Gasteiger partial charge is 0.332 e. The van der Waals surface area contributed by atoms with Gasteiger partial charge in [-0.15, -0.1) is 5.10 Å². The monoisotopic (exact) mass is 288 g/mol. The van der Waals surface area contributed by atoms with Gasteiger partial charge in [0, 0.05) is 18.5 Å². The third-order valence-electron chi connectivity index (χ3n) is 5.33. The number of carbonyl (C=O) groups is 1. The maximum atomic E-state index is 12.8. The molecule has 1 amide bonds. The van der Waals surface area contributed by atoms with E-state index in [1.54, 1.807) is 0 Å². The number of H-pyrrole nitrogens is 1. The zero-order valence-corrected chi connectivity index (χ0v) is 13.1. The van der Waals surface area contributed by atoms with E-state index in [4.69, 9.17) is 0 Å². The van der Waals surface area contributed by atoms with E-state index in [-0.39, 0.29) is 11.3 Å². The molecule has 0 spiro atoms. The summed E-state index contributed by atoms with van der Waals surface area (Å²) >= 11 is 0. The average molecular weight is 288 g/mol. The van der Waals surface area contributed by atoms with E-state index in [0.29, 0.717) is 23.2 Å². The molecule has 4 rings (SSSR count). The first-order valence-corrected chi connectivity index (χ1v) is 8.09. The van der Waals surface area contributed by atoms with Crippen LogP contribution in [-0.2, 0) is 0 Å². The van der Waals surface area contributed by atoms with Crippen LogP contribution in [0, 0.1) is 10.8 Å². The number of rotatable bonds is 2. The van der Waals surface area contributed by atoms with E-state index in [1.165, 1.54) is 19.3 Å². The predicted molar refractivity (Wildman–Crippen MR) is 78.9 cm³/mol. The molecule has 3 fully saturated rings. The minimum Gasteiger partial charge on any atom is -0.332 e. The molecule has 1 aromatic rings. The molecule has 1 aromatic heterocycles. The average Bonchev–Trinajstić information content (AvgIpc) is 3.04. The van der Waals surface area contributed by atoms with Crippen LogP contribution >= 0.6 is 0 Å². The Balaban J connectivity index is 1.57. The lowest BCUT2D eigenvalue weighted by molar-refractivity contribution is 0.0696. The standard InChI is InChI=1S/C16H24N4O/c1-15(2)6-11-7-16(3,8-15)9-20(11)14(21)13-17-12(18-19-13)10-4-5-10/h10-11H,4-9H2,1-3H3,(H,17,18,19). The van der Waals surface area contributed by atoms with E-state index in [9.17, 15) is 4.79 Å². The molecule has 2 unspecified atom stereocenters. The molecule has 1 saturated heterocycles. The van der Waals surface area contributed by atoms with Crippen LogP contribution in [0.5, 0.6) is 0 Å². The van der Waals surface area contributed by atoms with E-state index >= 15 is 0 Å². The topological polar surface area (TPSA) is 61.9 Å². The number of nitrogens with zero attached hydrogens (tertiary/aromatic N) is 3. The number of amides is 1. The Kier molecular flexibility index (Phi) is 2.58. The number of aromatic nitrogens is 3. The van der Waals surface area contributed by atoms with Crippen molar-refractivity contribution in [1.82, 2.24) is 20.1 Å². The van der Waals surface area contributed by atoms with Crippen molar-refractivity contribution in [1.29, 1.82) is 0 Å². The normalized spacial score (nSPS) is 34.2. The molecule has 5 nitrogen and oxygen atoms in total. The van der Waals surface area contributed by atoms with Crippen molar-refractivity contribution in [2.45, 2.75) is 64.8 Å². The quantitative estimate of drug-likeness (QED) is 0.910. The summed E-state index contributed by atoms with van der Waals surface area (Å²) in [5, 5.41) is 7.12. The summed E-state index contributed by atoms with van der Waals surface area (Å²) in [6.07, 6.45) is 5.75. The number of carbonyl (C=O) groups excluding carboxylic acids is 1. The maximum Gasteiger partial charge on any atom is 0.293 e. The molecule has 1 N–H and O–H groups in total. The highest BCUT2D eigenvalue weighted by Crippen LogP contribution is 2.52. The van der Waals surface area contributed by atoms with Crippen LogP contribution in [-0.4, -0.2) is 38.6 Å². The Labute approximate surface area is 125 Å². The van der Waals surface area contributed by atoms with Crippen LogP contribution in [0.25, 0.3) is 0 Å². The number of aromatic amines is 1. The van der Waals surface area contributed by atoms with Crippen LogP contribution < -0.4 is 0 Å². The van der Waals surface area contributed by atoms with Crippen LogP contribution in [0.15, 0.2) is 0 Å². The van der Waals surface area contributed by atoms with Crippen molar-refractivity contribution in [3.63, 3.8) is 0 Å². The Morgan fingerprint density at radius 3 is 2.76 bits per heavy atom. The van der Waals surface area contributed by atoms with Crippen molar-refractivity contribution < 1.29 is 4.79 Å². The highest BCUT2D eigenvalue weighted by atomic mass is 16.2. The lowest BCUT2D eigenvalue weighted by atomic mass is 9.65. The van der Waals surface area contributed by atoms with Gasteiger partial charge in [-0.3, -0.25) is 9.89 Å². The van der Waals surface area contributed by atoms with Gasteiger partial charge in [-0.2, -0.15) is 0 Å². The van der Waals surface area contributed by atoms with Gasteiger partial charge in [0.1, 0.15) is 5.82 Å². The fraction of sp³-hybridized carbons (Fsp3) is 0.812. The first-order valence-electron chi connectivity index (χ1n) is 8.09. The summed E-state index contributed by atoms with van der Waals surface area (Å²) in [5.41, 5.74) is 0.586. The molecular formula is C16H24N4O. The van der Waals surface area contributed by atoms with Crippen molar-refractivity contribution in [2.24, 2.45) is 10.8 Å². The minimum absolute atomic E-state index is 0.0181. The first-order chi connectivity index (χ1) is 9.85. The highest BCUT2D eigenvalue weighted by molar-refractivity contribution is 5.91. The second-order valence-corrected chi connectivity index (χ2v) is 8.47. The molecule has 2 heterocycles. The fourth-order valence-electron chi connectivity index (χ4n) is 4.74. The smallest absolute Gasteiger partial charge is 0.293 e. The van der Waals surface area contributed by atoms with Crippen molar-refractivity contribution >= 4 is 5.91 Å². The van der Waals surface area contributed by atoms with E-state index in [0.717, 1.165) is 25.2 Å². The number of fused-ring (bicyclic) bond motifs is 2. The van der Waals surface area contributed by atoms with E-state index < -0.39 is 0 Å². The highest BCUT2D eigenvalue weighted by Gasteiger charge is 2.51. The molecule has 114 valence electrons. The SMILES string of the molecule is CC1(C)CC2CC(C)(CN2C(=O)c2n[nH]c(C3CC3)n2)C1. The number of hydrogen-bond acceptors (Lipinski definition) is 3. The summed E-state index contributed by atoms with van der Waals surface area (Å²) in [6, 6.07) is 0.356. The van der Waals surface area contributed by atoms with Gasteiger partial charge in [0.15, 0.2) is 0 Å². The second kappa shape index (κ2) is 4.08. The Hall–Kier alpha value is -1.39. The summed E-state index contributed by atoms with van der Waals surface area (Å²) < 4.78 is 0. The number of likely N-dealkylation sites (tertiary alicyclic amines) is 1. The van der Waals surface area contributed by atoms with Crippen molar-refractivity contribution in [3.8, 4) is 0 Å². The second-order valence-electron chi connectivity index (χ2n) is 8.47. The third kappa shape index (κ3) is 2.27. The Bertz CT molecular complexity index is 589. The molecule has 0 radical (unpaired) electrons. The molecule has 2 saturated carbocycles. The molecule has 0 aromatic carbocycles. The van der Waals surface area contributed by atoms with Crippen LogP contribution in [0.2, 0.25) is 0 Å². The molecule has 2 aliphatic carbocycles. The Morgan fingerprint density at radius 2 is 2.05 bits per heavy atom. The van der Waals surface area contributed by atoms with Gasteiger partial charge in [0.05, 0.1) is 0 Å². The molecule has 2 bridgehead atoms. The summed E-state index contributed by atoms with van der Waals surface area (Å²) in [4.78, 5) is 19.2. The zero-order chi connectivity index (χ0) is 14.8. The predicted octanol–water partition coefficient (Wildman–Crippen LogP) is 2.72. The van der Waals surface area contributed by atoms with E-state index in [1.807, 2.05) is 4.90 Å². The number of nitrogens with one attached hydrogen (secondary N) is 1. The molecule has 5 heteroatoms. The van der Waals surface area contributed by atoms with Gasteiger partial charge in [-0.1, -0.05) is 20.8 Å². The summed E-state index contributed by atoms with van der Waals surface area (Å²) in [5.74, 6) is 1.79.